The molecule has 0 aromatic heterocycles. The van der Waals surface area contributed by atoms with Crippen molar-refractivity contribution in [2.75, 3.05) is 0 Å². The molecule has 12 heavy (non-hydrogen) atoms. The summed E-state index contributed by atoms with van der Waals surface area (Å²) in [6, 6.07) is 10.4. The zero-order valence-corrected chi connectivity index (χ0v) is 7.53. The van der Waals surface area contributed by atoms with E-state index in [1.165, 1.54) is 5.56 Å². The fourth-order valence-corrected chi connectivity index (χ4v) is 1.03. The summed E-state index contributed by atoms with van der Waals surface area (Å²) >= 11 is 0. The van der Waals surface area contributed by atoms with Crippen LogP contribution < -0.4 is 0 Å². The maximum absolute atomic E-state index is 2.26. The van der Waals surface area contributed by atoms with Gasteiger partial charge in [0, 0.05) is 0 Å². The molecule has 63 valence electrons. The lowest BCUT2D eigenvalue weighted by molar-refractivity contribution is 1.03. The average Bonchev–Trinajstić information content (AvgIpc) is 2.14. The summed E-state index contributed by atoms with van der Waals surface area (Å²) in [7, 11) is 0. The molecule has 0 atom stereocenters. The predicted molar refractivity (Wildman–Crippen MR) is 54.7 cm³/mol. The standard InChI is InChI=1S/C12H15/c1-2-3-4-6-9-12-10-7-5-8-11-12/h3,5-11H,2,4H2,1H3. The van der Waals surface area contributed by atoms with Gasteiger partial charge in [0.15, 0.2) is 0 Å². The predicted octanol–water partition coefficient (Wildman–Crippen LogP) is 3.70. The van der Waals surface area contributed by atoms with E-state index in [1.807, 2.05) is 6.07 Å². The first-order valence-corrected chi connectivity index (χ1v) is 4.46. The third-order valence-corrected chi connectivity index (χ3v) is 1.70. The van der Waals surface area contributed by atoms with E-state index in [0.29, 0.717) is 0 Å². The summed E-state index contributed by atoms with van der Waals surface area (Å²) in [5.74, 6) is 0. The lowest BCUT2D eigenvalue weighted by Crippen LogP contribution is -1.70. The minimum atomic E-state index is 1.07. The van der Waals surface area contributed by atoms with Gasteiger partial charge in [-0.2, -0.15) is 0 Å². The first-order valence-electron chi connectivity index (χ1n) is 4.46. The Morgan fingerprint density at radius 2 is 1.92 bits per heavy atom. The van der Waals surface area contributed by atoms with E-state index >= 15 is 0 Å². The van der Waals surface area contributed by atoms with Crippen molar-refractivity contribution in [3.05, 3.63) is 48.4 Å². The van der Waals surface area contributed by atoms with E-state index in [-0.39, 0.29) is 0 Å². The second-order valence-electron chi connectivity index (χ2n) is 2.75. The molecule has 0 unspecified atom stereocenters. The summed E-state index contributed by atoms with van der Waals surface area (Å²) in [4.78, 5) is 0. The van der Waals surface area contributed by atoms with E-state index in [9.17, 15) is 0 Å². The minimum absolute atomic E-state index is 1.07. The molecule has 0 nitrogen and oxygen atoms in total. The van der Waals surface area contributed by atoms with Gasteiger partial charge in [0.25, 0.3) is 0 Å². The highest BCUT2D eigenvalue weighted by Crippen LogP contribution is 2.03. The summed E-state index contributed by atoms with van der Waals surface area (Å²) in [6.07, 6.45) is 8.84. The molecule has 0 aliphatic rings. The number of hydrogen-bond acceptors (Lipinski definition) is 0. The quantitative estimate of drug-likeness (QED) is 0.587. The molecular weight excluding hydrogens is 144 g/mol. The molecule has 0 heteroatoms. The van der Waals surface area contributed by atoms with Crippen LogP contribution in [0.15, 0.2) is 36.4 Å². The van der Waals surface area contributed by atoms with E-state index in [0.717, 1.165) is 12.8 Å². The molecule has 0 heterocycles. The summed E-state index contributed by atoms with van der Waals surface area (Å²) < 4.78 is 0. The Labute approximate surface area is 74.9 Å². The molecule has 1 rings (SSSR count). The van der Waals surface area contributed by atoms with E-state index in [2.05, 4.69) is 49.8 Å². The molecule has 1 radical (unpaired) electrons. The third kappa shape index (κ3) is 3.38. The molecule has 0 N–H and O–H groups in total. The highest BCUT2D eigenvalue weighted by Gasteiger charge is 1.82. The van der Waals surface area contributed by atoms with E-state index in [4.69, 9.17) is 0 Å². The van der Waals surface area contributed by atoms with Crippen LogP contribution in [0.1, 0.15) is 25.3 Å². The van der Waals surface area contributed by atoms with Crippen molar-refractivity contribution in [3.63, 3.8) is 0 Å². The van der Waals surface area contributed by atoms with Crippen LogP contribution in [0.25, 0.3) is 6.08 Å². The molecular formula is C12H15. The lowest BCUT2D eigenvalue weighted by atomic mass is 10.2. The normalized spacial score (nSPS) is 10.8. The first kappa shape index (κ1) is 9.05. The molecule has 0 amide bonds. The first-order chi connectivity index (χ1) is 5.93. The van der Waals surface area contributed by atoms with Crippen molar-refractivity contribution in [2.24, 2.45) is 0 Å². The minimum Gasteiger partial charge on any atom is -0.0837 e. The third-order valence-electron chi connectivity index (χ3n) is 1.70. The van der Waals surface area contributed by atoms with Crippen LogP contribution in [0.4, 0.5) is 0 Å². The molecule has 0 aliphatic carbocycles. The molecule has 1 aromatic carbocycles. The average molecular weight is 159 g/mol. The van der Waals surface area contributed by atoms with Crippen molar-refractivity contribution in [1.29, 1.82) is 0 Å². The monoisotopic (exact) mass is 159 g/mol. The van der Waals surface area contributed by atoms with Gasteiger partial charge < -0.3 is 0 Å². The maximum atomic E-state index is 2.26. The molecule has 0 fully saturated rings. The van der Waals surface area contributed by atoms with Gasteiger partial charge in [0.1, 0.15) is 0 Å². The van der Waals surface area contributed by atoms with Gasteiger partial charge in [-0.15, -0.1) is 0 Å². The Hall–Kier alpha value is -1.04. The molecule has 1 aromatic rings. The fraction of sp³-hybridized carbons (Fsp3) is 0.250. The van der Waals surface area contributed by atoms with Crippen molar-refractivity contribution >= 4 is 6.08 Å². The molecule has 0 aliphatic heterocycles. The van der Waals surface area contributed by atoms with Gasteiger partial charge in [-0.25, -0.2) is 0 Å². The Bertz CT molecular complexity index is 221. The second kappa shape index (κ2) is 5.59. The molecule has 0 spiro atoms. The SMILES string of the molecule is CC[CH]CC=Cc1ccccc1. The zero-order valence-electron chi connectivity index (χ0n) is 7.53. The number of unbranched alkanes of at least 4 members (excludes halogenated alkanes) is 2. The van der Waals surface area contributed by atoms with Crippen molar-refractivity contribution in [3.8, 4) is 0 Å². The van der Waals surface area contributed by atoms with Gasteiger partial charge in [-0.05, 0) is 18.4 Å². The van der Waals surface area contributed by atoms with Crippen molar-refractivity contribution < 1.29 is 0 Å². The smallest absolute Gasteiger partial charge is 0.0260 e. The molecule has 0 saturated heterocycles. The fourth-order valence-electron chi connectivity index (χ4n) is 1.03. The van der Waals surface area contributed by atoms with Crippen LogP contribution in [0.2, 0.25) is 0 Å². The maximum Gasteiger partial charge on any atom is -0.0260 e. The summed E-state index contributed by atoms with van der Waals surface area (Å²) in [6.45, 7) is 2.16. The Kier molecular flexibility index (Phi) is 4.22. The zero-order chi connectivity index (χ0) is 8.65. The van der Waals surface area contributed by atoms with Crippen LogP contribution in [0.3, 0.4) is 0 Å². The van der Waals surface area contributed by atoms with Gasteiger partial charge in [-0.3, -0.25) is 0 Å². The van der Waals surface area contributed by atoms with Crippen LogP contribution in [0.5, 0.6) is 0 Å². The Morgan fingerprint density at radius 3 is 2.58 bits per heavy atom. The Balaban J connectivity index is 2.36. The van der Waals surface area contributed by atoms with Gasteiger partial charge in [-0.1, -0.05) is 55.8 Å². The van der Waals surface area contributed by atoms with Gasteiger partial charge in [0.2, 0.25) is 0 Å². The van der Waals surface area contributed by atoms with Crippen LogP contribution in [-0.2, 0) is 0 Å². The number of hydrogen-bond donors (Lipinski definition) is 0. The number of allylic oxidation sites excluding steroid dienone is 1. The Morgan fingerprint density at radius 1 is 1.17 bits per heavy atom. The van der Waals surface area contributed by atoms with Gasteiger partial charge in [0.05, 0.1) is 0 Å². The highest BCUT2D eigenvalue weighted by atomic mass is 13.9. The van der Waals surface area contributed by atoms with E-state index < -0.39 is 0 Å². The van der Waals surface area contributed by atoms with Crippen LogP contribution >= 0.6 is 0 Å². The molecule has 0 bridgehead atoms. The largest absolute Gasteiger partial charge is 0.0837 e. The van der Waals surface area contributed by atoms with Crippen LogP contribution in [0, 0.1) is 6.42 Å². The topological polar surface area (TPSA) is 0 Å². The number of rotatable bonds is 4. The van der Waals surface area contributed by atoms with Crippen molar-refractivity contribution in [2.45, 2.75) is 19.8 Å². The highest BCUT2D eigenvalue weighted by molar-refractivity contribution is 5.48. The van der Waals surface area contributed by atoms with E-state index in [1.54, 1.807) is 0 Å². The second-order valence-corrected chi connectivity index (χ2v) is 2.75. The van der Waals surface area contributed by atoms with Gasteiger partial charge >= 0.3 is 0 Å². The van der Waals surface area contributed by atoms with Crippen LogP contribution in [-0.4, -0.2) is 0 Å². The molecule has 0 saturated carbocycles. The summed E-state index contributed by atoms with van der Waals surface area (Å²) in [5, 5.41) is 0. The lowest BCUT2D eigenvalue weighted by Gasteiger charge is -1.91. The summed E-state index contributed by atoms with van der Waals surface area (Å²) in [5.41, 5.74) is 1.28. The number of benzene rings is 1. The van der Waals surface area contributed by atoms with Crippen molar-refractivity contribution in [1.82, 2.24) is 0 Å².